The summed E-state index contributed by atoms with van der Waals surface area (Å²) < 4.78 is 0. The van der Waals surface area contributed by atoms with E-state index in [-0.39, 0.29) is 18.7 Å². The Morgan fingerprint density at radius 1 is 1.56 bits per heavy atom. The molecule has 3 N–H and O–H groups in total. The van der Waals surface area contributed by atoms with Crippen molar-refractivity contribution in [2.75, 3.05) is 6.54 Å². The van der Waals surface area contributed by atoms with Crippen molar-refractivity contribution in [3.05, 3.63) is 18.0 Å². The number of aliphatic hydroxyl groups is 1. The summed E-state index contributed by atoms with van der Waals surface area (Å²) in [5, 5.41) is 24.4. The van der Waals surface area contributed by atoms with Gasteiger partial charge in [0.05, 0.1) is 6.10 Å². The molecule has 86 valence electrons. The van der Waals surface area contributed by atoms with Gasteiger partial charge in [-0.2, -0.15) is 5.10 Å². The van der Waals surface area contributed by atoms with Crippen LogP contribution < -0.4 is 0 Å². The van der Waals surface area contributed by atoms with Gasteiger partial charge in [0.1, 0.15) is 11.7 Å². The second-order valence-corrected chi connectivity index (χ2v) is 3.67. The monoisotopic (exact) mass is 225 g/mol. The number of aromatic nitrogens is 2. The van der Waals surface area contributed by atoms with E-state index in [0.717, 1.165) is 4.90 Å². The van der Waals surface area contributed by atoms with Gasteiger partial charge in [-0.25, -0.2) is 4.79 Å². The summed E-state index contributed by atoms with van der Waals surface area (Å²) >= 11 is 0. The number of nitrogens with zero attached hydrogens (tertiary/aromatic N) is 2. The van der Waals surface area contributed by atoms with Crippen LogP contribution in [0.15, 0.2) is 12.3 Å². The molecule has 2 atom stereocenters. The molecule has 1 aliphatic heterocycles. The summed E-state index contributed by atoms with van der Waals surface area (Å²) in [5.74, 6) is -1.56. The van der Waals surface area contributed by atoms with Gasteiger partial charge >= 0.3 is 5.97 Å². The predicted octanol–water partition coefficient (Wildman–Crippen LogP) is -0.930. The maximum absolute atomic E-state index is 11.8. The summed E-state index contributed by atoms with van der Waals surface area (Å²) in [6, 6.07) is 0.497. The number of carboxylic acids is 1. The number of carbonyl (C=O) groups is 2. The average molecular weight is 225 g/mol. The first kappa shape index (κ1) is 10.6. The van der Waals surface area contributed by atoms with E-state index in [1.54, 1.807) is 0 Å². The smallest absolute Gasteiger partial charge is 0.326 e. The molecule has 0 aliphatic carbocycles. The molecule has 16 heavy (non-hydrogen) atoms. The molecule has 1 aromatic heterocycles. The Bertz CT molecular complexity index is 403. The Labute approximate surface area is 90.7 Å². The summed E-state index contributed by atoms with van der Waals surface area (Å²) in [6.07, 6.45) is 0.693. The van der Waals surface area contributed by atoms with E-state index in [0.29, 0.717) is 0 Å². The molecule has 1 aromatic rings. The van der Waals surface area contributed by atoms with Crippen molar-refractivity contribution in [3.8, 4) is 0 Å². The first-order valence-corrected chi connectivity index (χ1v) is 4.81. The van der Waals surface area contributed by atoms with Crippen molar-refractivity contribution >= 4 is 11.9 Å². The van der Waals surface area contributed by atoms with Crippen molar-refractivity contribution in [3.63, 3.8) is 0 Å². The van der Waals surface area contributed by atoms with Crippen molar-refractivity contribution < 1.29 is 19.8 Å². The third-order valence-corrected chi connectivity index (χ3v) is 2.56. The molecule has 1 aliphatic rings. The van der Waals surface area contributed by atoms with Crippen LogP contribution in [0.5, 0.6) is 0 Å². The molecular weight excluding hydrogens is 214 g/mol. The van der Waals surface area contributed by atoms with Crippen LogP contribution >= 0.6 is 0 Å². The minimum absolute atomic E-state index is 0.0365. The summed E-state index contributed by atoms with van der Waals surface area (Å²) in [7, 11) is 0. The topological polar surface area (TPSA) is 107 Å². The van der Waals surface area contributed by atoms with Crippen molar-refractivity contribution in [1.82, 2.24) is 15.1 Å². The van der Waals surface area contributed by atoms with Crippen LogP contribution in [0.4, 0.5) is 0 Å². The van der Waals surface area contributed by atoms with E-state index >= 15 is 0 Å². The van der Waals surface area contributed by atoms with Crippen LogP contribution in [0.2, 0.25) is 0 Å². The lowest BCUT2D eigenvalue weighted by Crippen LogP contribution is -2.40. The summed E-state index contributed by atoms with van der Waals surface area (Å²) in [4.78, 5) is 23.9. The van der Waals surface area contributed by atoms with Crippen LogP contribution in [-0.2, 0) is 4.79 Å². The lowest BCUT2D eigenvalue weighted by Gasteiger charge is -2.19. The number of aliphatic carboxylic acids is 1. The number of rotatable bonds is 2. The maximum Gasteiger partial charge on any atom is 0.326 e. The number of β-amino-alcohol motifs (C(OH)–C–C–N with tert-alkyl or cyclic N) is 1. The number of nitrogens with one attached hydrogen (secondary N) is 1. The Hall–Kier alpha value is -1.89. The van der Waals surface area contributed by atoms with Gasteiger partial charge in [0.2, 0.25) is 0 Å². The zero-order valence-corrected chi connectivity index (χ0v) is 8.33. The molecule has 1 saturated heterocycles. The van der Waals surface area contributed by atoms with E-state index in [9.17, 15) is 14.7 Å². The van der Waals surface area contributed by atoms with Crippen LogP contribution in [0.1, 0.15) is 16.9 Å². The highest BCUT2D eigenvalue weighted by Gasteiger charge is 2.39. The van der Waals surface area contributed by atoms with Gasteiger partial charge in [-0.3, -0.25) is 9.89 Å². The van der Waals surface area contributed by atoms with Crippen LogP contribution in [0.3, 0.4) is 0 Å². The Balaban J connectivity index is 2.20. The predicted molar refractivity (Wildman–Crippen MR) is 51.7 cm³/mol. The van der Waals surface area contributed by atoms with Gasteiger partial charge in [0.25, 0.3) is 5.91 Å². The number of hydrogen-bond acceptors (Lipinski definition) is 4. The van der Waals surface area contributed by atoms with Crippen molar-refractivity contribution in [1.29, 1.82) is 0 Å². The lowest BCUT2D eigenvalue weighted by molar-refractivity contribution is -0.141. The van der Waals surface area contributed by atoms with Gasteiger partial charge in [-0.15, -0.1) is 0 Å². The number of aromatic amines is 1. The first-order chi connectivity index (χ1) is 7.59. The minimum Gasteiger partial charge on any atom is -0.480 e. The standard InChI is InChI=1S/C9H11N3O4/c13-5-3-7(9(15)16)12(4-5)8(14)6-1-2-10-11-6/h1-2,5,7,13H,3-4H2,(H,10,11)(H,15,16)/t5-,7-/m1/s1. The molecule has 0 bridgehead atoms. The van der Waals surface area contributed by atoms with Gasteiger partial charge in [0, 0.05) is 19.2 Å². The third kappa shape index (κ3) is 1.76. The quantitative estimate of drug-likeness (QED) is 0.602. The lowest BCUT2D eigenvalue weighted by atomic mass is 10.2. The normalized spacial score (nSPS) is 24.7. The highest BCUT2D eigenvalue weighted by molar-refractivity contribution is 5.95. The highest BCUT2D eigenvalue weighted by atomic mass is 16.4. The Morgan fingerprint density at radius 2 is 2.31 bits per heavy atom. The SMILES string of the molecule is O=C(O)[C@H]1C[C@@H](O)CN1C(=O)c1ccn[nH]1. The molecule has 0 saturated carbocycles. The number of carbonyl (C=O) groups excluding carboxylic acids is 1. The molecular formula is C9H11N3O4. The summed E-state index contributed by atoms with van der Waals surface area (Å²) in [6.45, 7) is 0.0365. The van der Waals surface area contributed by atoms with E-state index < -0.39 is 24.0 Å². The number of amides is 1. The van der Waals surface area contributed by atoms with Crippen LogP contribution in [0, 0.1) is 0 Å². The van der Waals surface area contributed by atoms with E-state index in [1.807, 2.05) is 0 Å². The molecule has 0 spiro atoms. The van der Waals surface area contributed by atoms with Crippen LogP contribution in [0.25, 0.3) is 0 Å². The maximum atomic E-state index is 11.8. The van der Waals surface area contributed by atoms with Gasteiger partial charge in [-0.1, -0.05) is 0 Å². The van der Waals surface area contributed by atoms with Crippen LogP contribution in [-0.4, -0.2) is 55.9 Å². The average Bonchev–Trinajstić information content (AvgIpc) is 2.84. The number of carboxylic acid groups (broad SMARTS) is 1. The summed E-state index contributed by atoms with van der Waals surface area (Å²) in [5.41, 5.74) is 0.223. The number of hydrogen-bond donors (Lipinski definition) is 3. The van der Waals surface area contributed by atoms with Gasteiger partial charge in [0.15, 0.2) is 0 Å². The van der Waals surface area contributed by atoms with E-state index in [1.165, 1.54) is 12.3 Å². The van der Waals surface area contributed by atoms with Crippen molar-refractivity contribution in [2.45, 2.75) is 18.6 Å². The molecule has 7 heteroatoms. The molecule has 1 amide bonds. The zero-order valence-electron chi connectivity index (χ0n) is 8.33. The minimum atomic E-state index is -1.11. The number of aliphatic hydroxyl groups excluding tert-OH is 1. The number of likely N-dealkylation sites (tertiary alicyclic amines) is 1. The molecule has 2 heterocycles. The molecule has 1 fully saturated rings. The molecule has 0 aromatic carbocycles. The zero-order chi connectivity index (χ0) is 11.7. The molecule has 7 nitrogen and oxygen atoms in total. The number of H-pyrrole nitrogens is 1. The second-order valence-electron chi connectivity index (χ2n) is 3.67. The van der Waals surface area contributed by atoms with E-state index in [4.69, 9.17) is 5.11 Å². The fourth-order valence-corrected chi connectivity index (χ4v) is 1.80. The van der Waals surface area contributed by atoms with Gasteiger partial charge < -0.3 is 15.1 Å². The Morgan fingerprint density at radius 3 is 2.88 bits per heavy atom. The van der Waals surface area contributed by atoms with Crippen molar-refractivity contribution in [2.24, 2.45) is 0 Å². The van der Waals surface area contributed by atoms with Gasteiger partial charge in [-0.05, 0) is 6.07 Å². The second kappa shape index (κ2) is 3.93. The molecule has 0 radical (unpaired) electrons. The third-order valence-electron chi connectivity index (χ3n) is 2.56. The molecule has 0 unspecified atom stereocenters. The van der Waals surface area contributed by atoms with E-state index in [2.05, 4.69) is 10.2 Å². The molecule has 2 rings (SSSR count). The fraction of sp³-hybridized carbons (Fsp3) is 0.444. The first-order valence-electron chi connectivity index (χ1n) is 4.81. The highest BCUT2D eigenvalue weighted by Crippen LogP contribution is 2.20. The fourth-order valence-electron chi connectivity index (χ4n) is 1.80. The largest absolute Gasteiger partial charge is 0.480 e. The Kier molecular flexibility index (Phi) is 2.61.